The van der Waals surface area contributed by atoms with E-state index in [0.29, 0.717) is 19.4 Å². The molecular weight excluding hydrogens is 273 g/mol. The second kappa shape index (κ2) is 6.20. The first-order valence-corrected chi connectivity index (χ1v) is 6.79. The number of amides is 2. The monoisotopic (exact) mass is 296 g/mol. The Bertz CT molecular complexity index is 339. The molecule has 118 valence electrons. The van der Waals surface area contributed by atoms with Gasteiger partial charge in [-0.2, -0.15) is 13.2 Å². The zero-order valence-corrected chi connectivity index (χ0v) is 12.1. The highest BCUT2D eigenvalue weighted by molar-refractivity contribution is 5.75. The van der Waals surface area contributed by atoms with Crippen LogP contribution in [0, 0.1) is 5.41 Å². The molecule has 0 spiro atoms. The molecule has 1 rings (SSSR count). The van der Waals surface area contributed by atoms with E-state index in [0.717, 1.165) is 0 Å². The first-order valence-electron chi connectivity index (χ1n) is 6.79. The van der Waals surface area contributed by atoms with Crippen molar-refractivity contribution in [2.45, 2.75) is 58.3 Å². The molecule has 1 aliphatic rings. The van der Waals surface area contributed by atoms with Crippen molar-refractivity contribution >= 4 is 6.03 Å². The molecule has 1 saturated heterocycles. The zero-order valence-electron chi connectivity index (χ0n) is 12.1. The van der Waals surface area contributed by atoms with Crippen molar-refractivity contribution in [1.29, 1.82) is 0 Å². The second-order valence-electron chi connectivity index (χ2n) is 6.48. The Hall–Kier alpha value is -0.980. The fourth-order valence-electron chi connectivity index (χ4n) is 2.39. The number of rotatable bonds is 3. The molecule has 1 aliphatic heterocycles. The van der Waals surface area contributed by atoms with Gasteiger partial charge in [0, 0.05) is 6.54 Å². The molecule has 0 saturated carbocycles. The predicted molar refractivity (Wildman–Crippen MR) is 69.3 cm³/mol. The molecule has 2 atom stereocenters. The first-order chi connectivity index (χ1) is 9.04. The van der Waals surface area contributed by atoms with Crippen molar-refractivity contribution in [3.63, 3.8) is 0 Å². The highest BCUT2D eigenvalue weighted by Crippen LogP contribution is 2.31. The SMILES string of the molecule is CC(C)(C)C[C@@H](NC(=O)N1CCC[C@H]1CO)C(F)(F)F. The molecule has 1 heterocycles. The van der Waals surface area contributed by atoms with E-state index in [9.17, 15) is 18.0 Å². The molecule has 2 N–H and O–H groups in total. The zero-order chi connectivity index (χ0) is 15.6. The van der Waals surface area contributed by atoms with Crippen molar-refractivity contribution < 1.29 is 23.1 Å². The number of carbonyl (C=O) groups excluding carboxylic acids is 1. The molecule has 0 aliphatic carbocycles. The highest BCUT2D eigenvalue weighted by Gasteiger charge is 2.43. The Labute approximate surface area is 117 Å². The standard InChI is InChI=1S/C13H23F3N2O2/c1-12(2,3)7-10(13(14,15)16)17-11(20)18-6-4-5-9(18)8-19/h9-10,19H,4-8H2,1-3H3,(H,17,20)/t9-,10+/m0/s1. The average Bonchev–Trinajstić information content (AvgIpc) is 2.72. The summed E-state index contributed by atoms with van der Waals surface area (Å²) in [7, 11) is 0. The lowest BCUT2D eigenvalue weighted by Gasteiger charge is -2.31. The number of hydrogen-bond donors (Lipinski definition) is 2. The number of nitrogens with zero attached hydrogens (tertiary/aromatic N) is 1. The third-order valence-corrected chi connectivity index (χ3v) is 3.36. The van der Waals surface area contributed by atoms with Crippen LogP contribution in [-0.2, 0) is 0 Å². The van der Waals surface area contributed by atoms with Gasteiger partial charge in [-0.3, -0.25) is 0 Å². The number of nitrogens with one attached hydrogen (secondary N) is 1. The van der Waals surface area contributed by atoms with E-state index in [1.54, 1.807) is 20.8 Å². The van der Waals surface area contributed by atoms with E-state index in [1.807, 2.05) is 0 Å². The Kier molecular flexibility index (Phi) is 5.29. The van der Waals surface area contributed by atoms with E-state index in [1.165, 1.54) is 4.90 Å². The summed E-state index contributed by atoms with van der Waals surface area (Å²) in [6.07, 6.45) is -3.33. The molecule has 0 aromatic heterocycles. The van der Waals surface area contributed by atoms with Gasteiger partial charge in [0.2, 0.25) is 0 Å². The molecule has 0 aromatic carbocycles. The minimum atomic E-state index is -4.47. The van der Waals surface area contributed by atoms with Crippen LogP contribution < -0.4 is 5.32 Å². The van der Waals surface area contributed by atoms with Gasteiger partial charge in [0.1, 0.15) is 6.04 Å². The van der Waals surface area contributed by atoms with Gasteiger partial charge in [0.25, 0.3) is 0 Å². The highest BCUT2D eigenvalue weighted by atomic mass is 19.4. The van der Waals surface area contributed by atoms with Gasteiger partial charge in [0.05, 0.1) is 12.6 Å². The van der Waals surface area contributed by atoms with Gasteiger partial charge in [-0.25, -0.2) is 4.79 Å². The van der Waals surface area contributed by atoms with Crippen LogP contribution in [0.3, 0.4) is 0 Å². The number of alkyl halides is 3. The van der Waals surface area contributed by atoms with E-state index >= 15 is 0 Å². The van der Waals surface area contributed by atoms with E-state index in [2.05, 4.69) is 5.32 Å². The van der Waals surface area contributed by atoms with E-state index < -0.39 is 23.7 Å². The maximum atomic E-state index is 13.0. The van der Waals surface area contributed by atoms with Crippen LogP contribution in [-0.4, -0.2) is 47.4 Å². The number of halogens is 3. The van der Waals surface area contributed by atoms with Crippen molar-refractivity contribution in [3.8, 4) is 0 Å². The van der Waals surface area contributed by atoms with Gasteiger partial charge in [-0.15, -0.1) is 0 Å². The largest absolute Gasteiger partial charge is 0.408 e. The first kappa shape index (κ1) is 17.1. The second-order valence-corrected chi connectivity index (χ2v) is 6.48. The molecule has 1 fully saturated rings. The third kappa shape index (κ3) is 4.85. The number of carbonyl (C=O) groups is 1. The predicted octanol–water partition coefficient (Wildman–Crippen LogP) is 2.52. The summed E-state index contributed by atoms with van der Waals surface area (Å²) in [4.78, 5) is 13.3. The van der Waals surface area contributed by atoms with Crippen molar-refractivity contribution in [3.05, 3.63) is 0 Å². The minimum Gasteiger partial charge on any atom is -0.394 e. The third-order valence-electron chi connectivity index (χ3n) is 3.36. The van der Waals surface area contributed by atoms with Crippen molar-refractivity contribution in [2.24, 2.45) is 5.41 Å². The maximum absolute atomic E-state index is 13.0. The van der Waals surface area contributed by atoms with Crippen molar-refractivity contribution in [1.82, 2.24) is 10.2 Å². The lowest BCUT2D eigenvalue weighted by atomic mass is 9.88. The van der Waals surface area contributed by atoms with Crippen molar-refractivity contribution in [2.75, 3.05) is 13.2 Å². The Balaban J connectivity index is 2.72. The number of aliphatic hydroxyl groups is 1. The minimum absolute atomic E-state index is 0.181. The van der Waals surface area contributed by atoms with E-state index in [-0.39, 0.29) is 19.1 Å². The molecule has 0 radical (unpaired) electrons. The van der Waals surface area contributed by atoms with Gasteiger partial charge in [-0.1, -0.05) is 20.8 Å². The van der Waals surface area contributed by atoms with Crippen LogP contribution in [0.2, 0.25) is 0 Å². The van der Waals surface area contributed by atoms with Crippen LogP contribution in [0.4, 0.5) is 18.0 Å². The van der Waals surface area contributed by atoms with Gasteiger partial charge in [0.15, 0.2) is 0 Å². The summed E-state index contributed by atoms with van der Waals surface area (Å²) < 4.78 is 39.0. The summed E-state index contributed by atoms with van der Waals surface area (Å²) in [6.45, 7) is 5.26. The quantitative estimate of drug-likeness (QED) is 0.841. The van der Waals surface area contributed by atoms with Crippen LogP contribution in [0.1, 0.15) is 40.0 Å². The summed E-state index contributed by atoms with van der Waals surface area (Å²) >= 11 is 0. The fourth-order valence-corrected chi connectivity index (χ4v) is 2.39. The lowest BCUT2D eigenvalue weighted by Crippen LogP contribution is -2.53. The number of likely N-dealkylation sites (tertiary alicyclic amines) is 1. The summed E-state index contributed by atoms with van der Waals surface area (Å²) in [5.74, 6) is 0. The molecule has 2 amide bonds. The fraction of sp³-hybridized carbons (Fsp3) is 0.923. The maximum Gasteiger partial charge on any atom is 0.408 e. The lowest BCUT2D eigenvalue weighted by molar-refractivity contribution is -0.159. The normalized spacial score (nSPS) is 21.9. The van der Waals surface area contributed by atoms with Gasteiger partial charge >= 0.3 is 12.2 Å². The van der Waals surface area contributed by atoms with Crippen LogP contribution in [0.25, 0.3) is 0 Å². The van der Waals surface area contributed by atoms with Crippen LogP contribution in [0.5, 0.6) is 0 Å². The van der Waals surface area contributed by atoms with Crippen LogP contribution >= 0.6 is 0 Å². The molecule has 0 aromatic rings. The topological polar surface area (TPSA) is 52.6 Å². The molecule has 0 bridgehead atoms. The summed E-state index contributed by atoms with van der Waals surface area (Å²) in [5.41, 5.74) is -0.547. The summed E-state index contributed by atoms with van der Waals surface area (Å²) in [6, 6.07) is -2.98. The molecule has 0 unspecified atom stereocenters. The molecule has 20 heavy (non-hydrogen) atoms. The number of hydrogen-bond acceptors (Lipinski definition) is 2. The summed E-state index contributed by atoms with van der Waals surface area (Å²) in [5, 5.41) is 11.2. The van der Waals surface area contributed by atoms with Gasteiger partial charge in [-0.05, 0) is 24.7 Å². The molecule has 4 nitrogen and oxygen atoms in total. The molecule has 7 heteroatoms. The number of aliphatic hydroxyl groups excluding tert-OH is 1. The number of urea groups is 1. The molecular formula is C13H23F3N2O2. The smallest absolute Gasteiger partial charge is 0.394 e. The van der Waals surface area contributed by atoms with E-state index in [4.69, 9.17) is 5.11 Å². The Morgan fingerprint density at radius 1 is 1.40 bits per heavy atom. The van der Waals surface area contributed by atoms with Gasteiger partial charge < -0.3 is 15.3 Å². The Morgan fingerprint density at radius 2 is 2.00 bits per heavy atom. The average molecular weight is 296 g/mol. The Morgan fingerprint density at radius 3 is 2.45 bits per heavy atom. The van der Waals surface area contributed by atoms with Crippen LogP contribution in [0.15, 0.2) is 0 Å².